The molecule has 1 saturated heterocycles. The van der Waals surface area contributed by atoms with E-state index in [4.69, 9.17) is 9.47 Å². The lowest BCUT2D eigenvalue weighted by molar-refractivity contribution is -0.123. The molecule has 1 atom stereocenters. The summed E-state index contributed by atoms with van der Waals surface area (Å²) in [4.78, 5) is 11.7. The SMILES string of the molecule is COc1cccc(OCC(=O)NCC2CCCNC2)c1.Cl. The number of carbonyl (C=O) groups excluding carboxylic acids is 1. The zero-order valence-electron chi connectivity index (χ0n) is 12.3. The molecule has 5 nitrogen and oxygen atoms in total. The molecule has 2 rings (SSSR count). The first kappa shape index (κ1) is 17.6. The van der Waals surface area contributed by atoms with Crippen LogP contribution in [-0.4, -0.2) is 39.3 Å². The van der Waals surface area contributed by atoms with E-state index in [0.717, 1.165) is 18.8 Å². The summed E-state index contributed by atoms with van der Waals surface area (Å²) in [6.45, 7) is 2.82. The van der Waals surface area contributed by atoms with Crippen LogP contribution >= 0.6 is 12.4 Å². The number of hydrogen-bond donors (Lipinski definition) is 2. The molecule has 0 aromatic heterocycles. The topological polar surface area (TPSA) is 59.6 Å². The Morgan fingerprint density at radius 2 is 2.24 bits per heavy atom. The van der Waals surface area contributed by atoms with Gasteiger partial charge in [-0.1, -0.05) is 6.07 Å². The zero-order valence-corrected chi connectivity index (χ0v) is 13.1. The van der Waals surface area contributed by atoms with E-state index in [-0.39, 0.29) is 24.9 Å². The van der Waals surface area contributed by atoms with Gasteiger partial charge in [0.05, 0.1) is 7.11 Å². The fraction of sp³-hybridized carbons (Fsp3) is 0.533. The van der Waals surface area contributed by atoms with E-state index in [1.165, 1.54) is 12.8 Å². The fourth-order valence-corrected chi connectivity index (χ4v) is 2.25. The second-order valence-corrected chi connectivity index (χ2v) is 4.98. The lowest BCUT2D eigenvalue weighted by Gasteiger charge is -2.22. The number of amides is 1. The molecule has 1 aromatic rings. The predicted molar refractivity (Wildman–Crippen MR) is 84.3 cm³/mol. The number of halogens is 1. The second kappa shape index (κ2) is 9.47. The van der Waals surface area contributed by atoms with Gasteiger partial charge in [0.15, 0.2) is 6.61 Å². The van der Waals surface area contributed by atoms with Crippen molar-refractivity contribution in [1.29, 1.82) is 0 Å². The second-order valence-electron chi connectivity index (χ2n) is 4.98. The summed E-state index contributed by atoms with van der Waals surface area (Å²) >= 11 is 0. The quantitative estimate of drug-likeness (QED) is 0.837. The van der Waals surface area contributed by atoms with Gasteiger partial charge in [0, 0.05) is 12.6 Å². The first-order chi connectivity index (χ1) is 9.78. The van der Waals surface area contributed by atoms with Crippen LogP contribution in [0.5, 0.6) is 11.5 Å². The maximum absolute atomic E-state index is 11.7. The van der Waals surface area contributed by atoms with Gasteiger partial charge in [-0.15, -0.1) is 12.4 Å². The lowest BCUT2D eigenvalue weighted by Crippen LogP contribution is -2.39. The maximum atomic E-state index is 11.7. The summed E-state index contributed by atoms with van der Waals surface area (Å²) in [5.41, 5.74) is 0. The molecule has 1 aliphatic rings. The van der Waals surface area contributed by atoms with Crippen LogP contribution in [0.3, 0.4) is 0 Å². The number of piperidine rings is 1. The fourth-order valence-electron chi connectivity index (χ4n) is 2.25. The summed E-state index contributed by atoms with van der Waals surface area (Å²) in [6.07, 6.45) is 2.35. The Morgan fingerprint density at radius 3 is 2.95 bits per heavy atom. The molecule has 6 heteroatoms. The third-order valence-corrected chi connectivity index (χ3v) is 3.40. The lowest BCUT2D eigenvalue weighted by atomic mass is 10.00. The Hall–Kier alpha value is -1.46. The highest BCUT2D eigenvalue weighted by Crippen LogP contribution is 2.18. The summed E-state index contributed by atoms with van der Waals surface area (Å²) in [7, 11) is 1.60. The molecule has 0 bridgehead atoms. The maximum Gasteiger partial charge on any atom is 0.257 e. The van der Waals surface area contributed by atoms with Crippen molar-refractivity contribution >= 4 is 18.3 Å². The largest absolute Gasteiger partial charge is 0.497 e. The molecule has 2 N–H and O–H groups in total. The van der Waals surface area contributed by atoms with Crippen molar-refractivity contribution in [3.8, 4) is 11.5 Å². The number of carbonyl (C=O) groups is 1. The van der Waals surface area contributed by atoms with Crippen LogP contribution in [0, 0.1) is 5.92 Å². The molecule has 1 heterocycles. The van der Waals surface area contributed by atoms with Crippen LogP contribution in [-0.2, 0) is 4.79 Å². The molecular weight excluding hydrogens is 292 g/mol. The van der Waals surface area contributed by atoms with E-state index in [0.29, 0.717) is 18.2 Å². The number of hydrogen-bond acceptors (Lipinski definition) is 4. The van der Waals surface area contributed by atoms with Gasteiger partial charge in [0.2, 0.25) is 0 Å². The molecule has 1 amide bonds. The van der Waals surface area contributed by atoms with E-state index in [9.17, 15) is 4.79 Å². The van der Waals surface area contributed by atoms with E-state index in [1.807, 2.05) is 12.1 Å². The molecule has 1 aliphatic heterocycles. The van der Waals surface area contributed by atoms with Gasteiger partial charge in [-0.05, 0) is 44.0 Å². The summed E-state index contributed by atoms with van der Waals surface area (Å²) in [5, 5.41) is 6.25. The third kappa shape index (κ3) is 6.23. The molecule has 1 aromatic carbocycles. The van der Waals surface area contributed by atoms with E-state index in [2.05, 4.69) is 10.6 Å². The average Bonchev–Trinajstić information content (AvgIpc) is 2.52. The van der Waals surface area contributed by atoms with E-state index >= 15 is 0 Å². The van der Waals surface area contributed by atoms with Crippen molar-refractivity contribution in [2.75, 3.05) is 33.4 Å². The summed E-state index contributed by atoms with van der Waals surface area (Å²) in [6, 6.07) is 7.24. The molecule has 1 unspecified atom stereocenters. The number of ether oxygens (including phenoxy) is 2. The Balaban J connectivity index is 0.00000220. The monoisotopic (exact) mass is 314 g/mol. The standard InChI is InChI=1S/C15H22N2O3.ClH/c1-19-13-5-2-6-14(8-13)20-11-15(18)17-10-12-4-3-7-16-9-12;/h2,5-6,8,12,16H,3-4,7,9-11H2,1H3,(H,17,18);1H. The number of rotatable bonds is 6. The third-order valence-electron chi connectivity index (χ3n) is 3.40. The molecule has 1 fully saturated rings. The van der Waals surface area contributed by atoms with Crippen LogP contribution in [0.4, 0.5) is 0 Å². The zero-order chi connectivity index (χ0) is 14.2. The minimum absolute atomic E-state index is 0. The minimum Gasteiger partial charge on any atom is -0.497 e. The first-order valence-corrected chi connectivity index (χ1v) is 7.02. The van der Waals surface area contributed by atoms with Crippen LogP contribution in [0.15, 0.2) is 24.3 Å². The number of methoxy groups -OCH3 is 1. The van der Waals surface area contributed by atoms with Crippen LogP contribution in [0.2, 0.25) is 0 Å². The Kier molecular flexibility index (Phi) is 7.93. The minimum atomic E-state index is -0.0848. The highest BCUT2D eigenvalue weighted by molar-refractivity contribution is 5.85. The van der Waals surface area contributed by atoms with Crippen molar-refractivity contribution in [1.82, 2.24) is 10.6 Å². The van der Waals surface area contributed by atoms with Gasteiger partial charge in [-0.3, -0.25) is 4.79 Å². The highest BCUT2D eigenvalue weighted by atomic mass is 35.5. The first-order valence-electron chi connectivity index (χ1n) is 7.02. The van der Waals surface area contributed by atoms with Crippen molar-refractivity contribution in [2.24, 2.45) is 5.92 Å². The van der Waals surface area contributed by atoms with E-state index < -0.39 is 0 Å². The molecule has 0 spiro atoms. The molecule has 21 heavy (non-hydrogen) atoms. The van der Waals surface area contributed by atoms with Crippen molar-refractivity contribution in [3.05, 3.63) is 24.3 Å². The Labute approximate surface area is 131 Å². The Bertz CT molecular complexity index is 437. The predicted octanol–water partition coefficient (Wildman–Crippen LogP) is 1.61. The normalized spacial score (nSPS) is 17.5. The number of nitrogens with one attached hydrogen (secondary N) is 2. The highest BCUT2D eigenvalue weighted by Gasteiger charge is 2.13. The molecule has 0 radical (unpaired) electrons. The summed E-state index contributed by atoms with van der Waals surface area (Å²) < 4.78 is 10.5. The van der Waals surface area contributed by atoms with Crippen LogP contribution < -0.4 is 20.1 Å². The van der Waals surface area contributed by atoms with Gasteiger partial charge in [0.1, 0.15) is 11.5 Å². The van der Waals surface area contributed by atoms with Crippen molar-refractivity contribution in [2.45, 2.75) is 12.8 Å². The van der Waals surface area contributed by atoms with Gasteiger partial charge in [-0.25, -0.2) is 0 Å². The smallest absolute Gasteiger partial charge is 0.257 e. The van der Waals surface area contributed by atoms with Gasteiger partial charge in [0.25, 0.3) is 5.91 Å². The Morgan fingerprint density at radius 1 is 1.43 bits per heavy atom. The molecule has 0 saturated carbocycles. The van der Waals surface area contributed by atoms with Crippen LogP contribution in [0.25, 0.3) is 0 Å². The van der Waals surface area contributed by atoms with Gasteiger partial charge in [-0.2, -0.15) is 0 Å². The van der Waals surface area contributed by atoms with Crippen LogP contribution in [0.1, 0.15) is 12.8 Å². The molecule has 0 aliphatic carbocycles. The number of benzene rings is 1. The van der Waals surface area contributed by atoms with Gasteiger partial charge >= 0.3 is 0 Å². The van der Waals surface area contributed by atoms with E-state index in [1.54, 1.807) is 19.2 Å². The van der Waals surface area contributed by atoms with Crippen molar-refractivity contribution < 1.29 is 14.3 Å². The average molecular weight is 315 g/mol. The van der Waals surface area contributed by atoms with Gasteiger partial charge < -0.3 is 20.1 Å². The molecular formula is C15H23ClN2O3. The summed E-state index contributed by atoms with van der Waals surface area (Å²) in [5.74, 6) is 1.80. The van der Waals surface area contributed by atoms with Crippen molar-refractivity contribution in [3.63, 3.8) is 0 Å². The molecule has 118 valence electrons.